The molecule has 0 saturated heterocycles. The zero-order chi connectivity index (χ0) is 35.2. The van der Waals surface area contributed by atoms with E-state index in [4.69, 9.17) is 11.8 Å². The van der Waals surface area contributed by atoms with Gasteiger partial charge in [-0.15, -0.1) is 45.3 Å². The zero-order valence-electron chi connectivity index (χ0n) is 23.8. The van der Waals surface area contributed by atoms with Gasteiger partial charge in [0.2, 0.25) is 0 Å². The first-order chi connectivity index (χ1) is 24.0. The summed E-state index contributed by atoms with van der Waals surface area (Å²) in [5.74, 6) is -14.0. The molecule has 8 aromatic rings. The van der Waals surface area contributed by atoms with E-state index in [0.717, 1.165) is 51.9 Å². The molecule has 8 rings (SSSR count). The smallest absolute Gasteiger partial charge is 0.241 e. The largest absolute Gasteiger partial charge is 0.262 e. The number of thiazole rings is 4. The molecule has 0 aliphatic rings. The Balaban J connectivity index is 1.13. The molecule has 0 saturated carbocycles. The van der Waals surface area contributed by atoms with Crippen molar-refractivity contribution in [3.63, 3.8) is 0 Å². The van der Waals surface area contributed by atoms with Crippen molar-refractivity contribution in [3.8, 4) is 47.0 Å². The van der Waals surface area contributed by atoms with E-state index in [1.807, 2.05) is 12.1 Å². The van der Waals surface area contributed by atoms with E-state index in [1.54, 1.807) is 12.1 Å². The lowest BCUT2D eigenvalue weighted by atomic mass is 10.1. The molecule has 0 radical (unpaired) electrons. The SMILES string of the molecule is [C-]#[N+]c1c(F)c(F)c(-c2cnc(-c3nc4cc5cc6sc(-c7ncc(-c8c(F)c(F)c(C#N)c(F)c8F)s7)nc6cc5cc4s3)s2)c(F)c1F. The molecule has 50 heavy (non-hydrogen) atoms. The number of hydrogen-bond acceptors (Lipinski definition) is 9. The van der Waals surface area contributed by atoms with Crippen LogP contribution in [0.1, 0.15) is 5.56 Å². The number of nitrogens with zero attached hydrogens (tertiary/aromatic N) is 6. The summed E-state index contributed by atoms with van der Waals surface area (Å²) in [7, 11) is 0. The van der Waals surface area contributed by atoms with E-state index in [2.05, 4.69) is 24.8 Å². The molecule has 0 unspecified atom stereocenters. The van der Waals surface area contributed by atoms with Crippen LogP contribution in [0.5, 0.6) is 0 Å². The number of benzene rings is 4. The van der Waals surface area contributed by atoms with Crippen molar-refractivity contribution in [3.05, 3.63) is 100 Å². The van der Waals surface area contributed by atoms with Crippen molar-refractivity contribution >= 4 is 82.2 Å². The Kier molecular flexibility index (Phi) is 7.39. The number of halogens is 8. The molecular formula is C32H6F8N6S4. The molecule has 0 bridgehead atoms. The third-order valence-corrected chi connectivity index (χ3v) is 11.8. The molecule has 0 aliphatic heterocycles. The Bertz CT molecular complexity index is 2540. The minimum Gasteiger partial charge on any atom is -0.241 e. The molecular weight excluding hydrogens is 749 g/mol. The van der Waals surface area contributed by atoms with Crippen molar-refractivity contribution in [2.24, 2.45) is 0 Å². The van der Waals surface area contributed by atoms with Crippen molar-refractivity contribution < 1.29 is 35.1 Å². The molecule has 0 aliphatic carbocycles. The standard InChI is InChI=1S/C32H6F8N6S4/c1-42-28-26(39)24(37)19(25(38)27(28)40)17-8-44-30(50-17)32-46-13-3-10-4-14-12(2-9(10)5-15(13)48-32)45-31(47-14)29-43-7-16(49-29)18-22(35)20(33)11(6-41)21(34)23(18)36/h2-5,7-8H. The first-order valence-electron chi connectivity index (χ1n) is 13.6. The molecule has 0 fully saturated rings. The maximum Gasteiger partial charge on any atom is 0.262 e. The number of rotatable bonds is 4. The molecule has 18 heteroatoms. The lowest BCUT2D eigenvalue weighted by Gasteiger charge is -2.06. The Labute approximate surface area is 288 Å². The molecule has 0 amide bonds. The highest BCUT2D eigenvalue weighted by atomic mass is 32.1. The van der Waals surface area contributed by atoms with Gasteiger partial charge >= 0.3 is 0 Å². The molecule has 0 spiro atoms. The zero-order valence-corrected chi connectivity index (χ0v) is 27.1. The normalized spacial score (nSPS) is 11.6. The summed E-state index contributed by atoms with van der Waals surface area (Å²) in [5.41, 5.74) is -3.57. The summed E-state index contributed by atoms with van der Waals surface area (Å²) >= 11 is 3.95. The molecule has 4 heterocycles. The summed E-state index contributed by atoms with van der Waals surface area (Å²) in [6.45, 7) is 6.80. The average molecular weight is 755 g/mol. The predicted molar refractivity (Wildman–Crippen MR) is 174 cm³/mol. The molecule has 244 valence electrons. The van der Waals surface area contributed by atoms with Gasteiger partial charge in [0.15, 0.2) is 66.6 Å². The Morgan fingerprint density at radius 2 is 0.980 bits per heavy atom. The van der Waals surface area contributed by atoms with Crippen LogP contribution >= 0.6 is 45.3 Å². The van der Waals surface area contributed by atoms with Crippen LogP contribution in [0.3, 0.4) is 0 Å². The molecule has 0 N–H and O–H groups in total. The average Bonchev–Trinajstić information content (AvgIpc) is 3.91. The fourth-order valence-corrected chi connectivity index (χ4v) is 9.08. The second-order valence-corrected chi connectivity index (χ2v) is 14.4. The van der Waals surface area contributed by atoms with Gasteiger partial charge in [0.1, 0.15) is 11.6 Å². The van der Waals surface area contributed by atoms with Crippen molar-refractivity contribution in [1.82, 2.24) is 19.9 Å². The summed E-state index contributed by atoms with van der Waals surface area (Å²) in [6, 6.07) is 8.39. The van der Waals surface area contributed by atoms with Gasteiger partial charge in [-0.05, 0) is 35.0 Å². The fraction of sp³-hybridized carbons (Fsp3) is 0. The first-order valence-corrected chi connectivity index (χ1v) is 16.8. The van der Waals surface area contributed by atoms with Crippen LogP contribution in [0, 0.1) is 64.4 Å². The summed E-state index contributed by atoms with van der Waals surface area (Å²) < 4.78 is 117. The minimum atomic E-state index is -1.80. The van der Waals surface area contributed by atoms with Crippen LogP contribution in [0.4, 0.5) is 40.8 Å². The third kappa shape index (κ3) is 4.75. The van der Waals surface area contributed by atoms with Gasteiger partial charge in [-0.25, -0.2) is 59.9 Å². The van der Waals surface area contributed by atoms with Gasteiger partial charge < -0.3 is 0 Å². The van der Waals surface area contributed by atoms with E-state index >= 15 is 0 Å². The first kappa shape index (κ1) is 31.8. The van der Waals surface area contributed by atoms with E-state index in [-0.39, 0.29) is 19.8 Å². The van der Waals surface area contributed by atoms with Crippen LogP contribution in [-0.2, 0) is 0 Å². The van der Waals surface area contributed by atoms with Gasteiger partial charge in [0.05, 0.1) is 47.9 Å². The van der Waals surface area contributed by atoms with Gasteiger partial charge in [-0.1, -0.05) is 0 Å². The predicted octanol–water partition coefficient (Wildman–Crippen LogP) is 11.2. The lowest BCUT2D eigenvalue weighted by Crippen LogP contribution is -2.03. The number of nitriles is 1. The van der Waals surface area contributed by atoms with Gasteiger partial charge in [-0.3, -0.25) is 0 Å². The molecule has 0 atom stereocenters. The number of hydrogen-bond donors (Lipinski definition) is 0. The molecule has 6 nitrogen and oxygen atoms in total. The monoisotopic (exact) mass is 754 g/mol. The van der Waals surface area contributed by atoms with Crippen molar-refractivity contribution in [2.45, 2.75) is 0 Å². The second kappa shape index (κ2) is 11.6. The van der Waals surface area contributed by atoms with Gasteiger partial charge in [0, 0.05) is 12.4 Å². The summed E-state index contributed by atoms with van der Waals surface area (Å²) in [5, 5.41) is 11.6. The van der Waals surface area contributed by atoms with Crippen molar-refractivity contribution in [2.75, 3.05) is 0 Å². The fourth-order valence-electron chi connectivity index (χ4n) is 5.14. The maximum absolute atomic E-state index is 14.7. The molecule has 4 aromatic heterocycles. The van der Waals surface area contributed by atoms with Crippen LogP contribution in [0.15, 0.2) is 36.7 Å². The van der Waals surface area contributed by atoms with Gasteiger partial charge in [0.25, 0.3) is 5.69 Å². The Morgan fingerprint density at radius 1 is 0.560 bits per heavy atom. The van der Waals surface area contributed by atoms with Crippen molar-refractivity contribution in [1.29, 1.82) is 5.26 Å². The van der Waals surface area contributed by atoms with Crippen LogP contribution in [-0.4, -0.2) is 19.9 Å². The topological polar surface area (TPSA) is 79.7 Å². The van der Waals surface area contributed by atoms with Crippen LogP contribution < -0.4 is 0 Å². The Morgan fingerprint density at radius 3 is 1.38 bits per heavy atom. The van der Waals surface area contributed by atoms with Crippen LogP contribution in [0.2, 0.25) is 0 Å². The third-order valence-electron chi connectivity index (χ3n) is 7.45. The van der Waals surface area contributed by atoms with Gasteiger partial charge in [-0.2, -0.15) is 5.26 Å². The highest BCUT2D eigenvalue weighted by Crippen LogP contribution is 2.43. The highest BCUT2D eigenvalue weighted by molar-refractivity contribution is 7.27. The van der Waals surface area contributed by atoms with E-state index < -0.39 is 68.9 Å². The quantitative estimate of drug-likeness (QED) is 0.102. The highest BCUT2D eigenvalue weighted by Gasteiger charge is 2.29. The Hall–Kier alpha value is -5.40. The van der Waals surface area contributed by atoms with E-state index in [9.17, 15) is 35.1 Å². The summed E-state index contributed by atoms with van der Waals surface area (Å²) in [4.78, 5) is 19.6. The van der Waals surface area contributed by atoms with Crippen LogP contribution in [0.25, 0.3) is 77.0 Å². The number of fused-ring (bicyclic) bond motifs is 3. The number of aromatic nitrogens is 4. The minimum absolute atomic E-state index is 0.199. The molecule has 4 aromatic carbocycles. The lowest BCUT2D eigenvalue weighted by molar-refractivity contribution is 0.455. The second-order valence-electron chi connectivity index (χ2n) is 10.3. The maximum atomic E-state index is 14.7. The van der Waals surface area contributed by atoms with E-state index in [0.29, 0.717) is 30.4 Å². The van der Waals surface area contributed by atoms with E-state index in [1.165, 1.54) is 22.7 Å². The summed E-state index contributed by atoms with van der Waals surface area (Å²) in [6.07, 6.45) is 2.13.